The summed E-state index contributed by atoms with van der Waals surface area (Å²) in [5.41, 5.74) is 0.829. The molecule has 1 aliphatic rings. The summed E-state index contributed by atoms with van der Waals surface area (Å²) in [5.74, 6) is -1.39. The highest BCUT2D eigenvalue weighted by atomic mass is 16.6. The lowest BCUT2D eigenvalue weighted by molar-refractivity contribution is -0.141. The molecule has 0 aromatic carbocycles. The summed E-state index contributed by atoms with van der Waals surface area (Å²) in [6.07, 6.45) is -3.40. The second-order valence-corrected chi connectivity index (χ2v) is 6.76. The van der Waals surface area contributed by atoms with Crippen molar-refractivity contribution < 1.29 is 39.9 Å². The lowest BCUT2D eigenvalue weighted by atomic mass is 10.1. The number of ether oxygens (including phenoxy) is 1. The van der Waals surface area contributed by atoms with Crippen molar-refractivity contribution in [2.75, 3.05) is 6.61 Å². The number of aliphatic hydroxyl groups excluding tert-OH is 4. The standard InChI is InChI=1S/C16H22N6O8/c1-6(24)9(15(27)28)21-16(29)17-2-7-10-13(19-4-18-7)22(5-20-10)14-12(26)11(25)8(3-23)30-14/h4-6,8-9,11-12,14,23-26H,2-3H2,1H3,(H,27,28)(H2,17,21,29)/t6-,8-,9+,11-,12-,14-/m1/s1. The van der Waals surface area contributed by atoms with E-state index >= 15 is 0 Å². The van der Waals surface area contributed by atoms with E-state index in [-0.39, 0.29) is 17.7 Å². The minimum atomic E-state index is -1.48. The van der Waals surface area contributed by atoms with E-state index in [4.69, 9.17) is 9.84 Å². The van der Waals surface area contributed by atoms with Gasteiger partial charge in [-0.25, -0.2) is 24.5 Å². The normalized spacial score (nSPS) is 25.8. The highest BCUT2D eigenvalue weighted by Crippen LogP contribution is 2.31. The molecular weight excluding hydrogens is 404 g/mol. The fraction of sp³-hybridized carbons (Fsp3) is 0.562. The Morgan fingerprint density at radius 1 is 1.27 bits per heavy atom. The monoisotopic (exact) mass is 426 g/mol. The average Bonchev–Trinajstić information content (AvgIpc) is 3.25. The third-order valence-electron chi connectivity index (χ3n) is 4.68. The van der Waals surface area contributed by atoms with Crippen molar-refractivity contribution in [2.45, 2.75) is 50.2 Å². The maximum absolute atomic E-state index is 12.0. The van der Waals surface area contributed by atoms with Gasteiger partial charge in [0.2, 0.25) is 0 Å². The van der Waals surface area contributed by atoms with Crippen LogP contribution in [0.25, 0.3) is 11.2 Å². The smallest absolute Gasteiger partial charge is 0.328 e. The maximum atomic E-state index is 12.0. The summed E-state index contributed by atoms with van der Waals surface area (Å²) in [7, 11) is 0. The molecule has 1 aliphatic heterocycles. The number of aromatic nitrogens is 4. The van der Waals surface area contributed by atoms with E-state index in [0.29, 0.717) is 5.69 Å². The fourth-order valence-electron chi connectivity index (χ4n) is 3.07. The van der Waals surface area contributed by atoms with Gasteiger partial charge in [-0.2, -0.15) is 0 Å². The highest BCUT2D eigenvalue weighted by Gasteiger charge is 2.44. The van der Waals surface area contributed by atoms with Gasteiger partial charge in [-0.05, 0) is 6.92 Å². The molecule has 30 heavy (non-hydrogen) atoms. The molecule has 3 rings (SSSR count). The van der Waals surface area contributed by atoms with Crippen LogP contribution in [0.15, 0.2) is 12.7 Å². The van der Waals surface area contributed by atoms with Gasteiger partial charge in [0, 0.05) is 0 Å². The lowest BCUT2D eigenvalue weighted by Gasteiger charge is -2.17. The number of hydrogen-bond donors (Lipinski definition) is 7. The number of urea groups is 1. The van der Waals surface area contributed by atoms with E-state index < -0.39 is 55.3 Å². The van der Waals surface area contributed by atoms with Crippen LogP contribution in [0, 0.1) is 0 Å². The third-order valence-corrected chi connectivity index (χ3v) is 4.68. The zero-order valence-corrected chi connectivity index (χ0v) is 15.8. The number of rotatable bonds is 7. The number of carbonyl (C=O) groups is 2. The van der Waals surface area contributed by atoms with Crippen LogP contribution < -0.4 is 10.6 Å². The Kier molecular flexibility index (Phi) is 6.42. The number of imidazole rings is 1. The molecule has 0 radical (unpaired) electrons. The van der Waals surface area contributed by atoms with Gasteiger partial charge in [-0.3, -0.25) is 4.57 Å². The first-order chi connectivity index (χ1) is 14.2. The van der Waals surface area contributed by atoms with Crippen molar-refractivity contribution in [3.63, 3.8) is 0 Å². The van der Waals surface area contributed by atoms with E-state index in [0.717, 1.165) is 0 Å². The second kappa shape index (κ2) is 8.85. The number of aliphatic hydroxyl groups is 4. The van der Waals surface area contributed by atoms with Crippen LogP contribution in [0.5, 0.6) is 0 Å². The number of carbonyl (C=O) groups excluding carboxylic acids is 1. The highest BCUT2D eigenvalue weighted by molar-refractivity contribution is 5.83. The van der Waals surface area contributed by atoms with E-state index in [9.17, 15) is 30.0 Å². The van der Waals surface area contributed by atoms with Crippen LogP contribution >= 0.6 is 0 Å². The van der Waals surface area contributed by atoms with Crippen molar-refractivity contribution in [3.8, 4) is 0 Å². The first-order valence-corrected chi connectivity index (χ1v) is 8.98. The largest absolute Gasteiger partial charge is 0.480 e. The Hall–Kier alpha value is -2.91. The SMILES string of the molecule is C[C@@H](O)[C@H](NC(=O)NCc1ncnc2c1ncn2[C@@H]1O[C@H](CO)[C@@H](O)[C@H]1O)C(=O)O. The van der Waals surface area contributed by atoms with Crippen molar-refractivity contribution in [1.82, 2.24) is 30.2 Å². The third kappa shape index (κ3) is 4.17. The molecule has 0 saturated carbocycles. The van der Waals surface area contributed by atoms with E-state index in [1.54, 1.807) is 0 Å². The van der Waals surface area contributed by atoms with Gasteiger partial charge in [-0.15, -0.1) is 0 Å². The quantitative estimate of drug-likeness (QED) is 0.238. The van der Waals surface area contributed by atoms with E-state index in [1.807, 2.05) is 0 Å². The molecule has 3 heterocycles. The topological polar surface area (TPSA) is 212 Å². The predicted octanol–water partition coefficient (Wildman–Crippen LogP) is -2.93. The molecule has 0 spiro atoms. The summed E-state index contributed by atoms with van der Waals surface area (Å²) in [6.45, 7) is 0.617. The lowest BCUT2D eigenvalue weighted by Crippen LogP contribution is -2.51. The molecule has 14 nitrogen and oxygen atoms in total. The van der Waals surface area contributed by atoms with Gasteiger partial charge >= 0.3 is 12.0 Å². The first kappa shape index (κ1) is 21.8. The van der Waals surface area contributed by atoms with Crippen molar-refractivity contribution in [3.05, 3.63) is 18.3 Å². The number of aliphatic carboxylic acids is 1. The molecule has 0 bridgehead atoms. The predicted molar refractivity (Wildman–Crippen MR) is 96.8 cm³/mol. The Labute approximate surface area is 169 Å². The Bertz CT molecular complexity index is 920. The summed E-state index contributed by atoms with van der Waals surface area (Å²) < 4.78 is 6.84. The van der Waals surface area contributed by atoms with Gasteiger partial charge in [0.1, 0.15) is 30.2 Å². The molecule has 0 unspecified atom stereocenters. The summed E-state index contributed by atoms with van der Waals surface area (Å²) in [5, 5.41) is 52.3. The van der Waals surface area contributed by atoms with E-state index in [1.165, 1.54) is 24.1 Å². The molecule has 14 heteroatoms. The molecule has 2 amide bonds. The number of nitrogens with one attached hydrogen (secondary N) is 2. The molecule has 1 fully saturated rings. The molecule has 0 aliphatic carbocycles. The number of fused-ring (bicyclic) bond motifs is 1. The van der Waals surface area contributed by atoms with Crippen LogP contribution in [0.3, 0.4) is 0 Å². The summed E-state index contributed by atoms with van der Waals surface area (Å²) >= 11 is 0. The van der Waals surface area contributed by atoms with Crippen LogP contribution in [0.4, 0.5) is 4.79 Å². The number of carboxylic acids is 1. The maximum Gasteiger partial charge on any atom is 0.328 e. The summed E-state index contributed by atoms with van der Waals surface area (Å²) in [6, 6.07) is -2.32. The van der Waals surface area contributed by atoms with Crippen molar-refractivity contribution >= 4 is 23.2 Å². The molecule has 7 N–H and O–H groups in total. The summed E-state index contributed by atoms with van der Waals surface area (Å²) in [4.78, 5) is 35.3. The van der Waals surface area contributed by atoms with Crippen LogP contribution in [0.1, 0.15) is 18.8 Å². The number of hydrogen-bond acceptors (Lipinski definition) is 10. The number of nitrogens with zero attached hydrogens (tertiary/aromatic N) is 4. The number of amides is 2. The van der Waals surface area contributed by atoms with E-state index in [2.05, 4.69) is 25.6 Å². The van der Waals surface area contributed by atoms with Gasteiger partial charge in [-0.1, -0.05) is 0 Å². The minimum Gasteiger partial charge on any atom is -0.480 e. The van der Waals surface area contributed by atoms with Gasteiger partial charge < -0.3 is 40.9 Å². The van der Waals surface area contributed by atoms with Crippen molar-refractivity contribution in [1.29, 1.82) is 0 Å². The van der Waals surface area contributed by atoms with Crippen LogP contribution in [-0.4, -0.2) is 94.1 Å². The van der Waals surface area contributed by atoms with Gasteiger partial charge in [0.05, 0.1) is 31.3 Å². The molecule has 164 valence electrons. The molecule has 2 aromatic rings. The second-order valence-electron chi connectivity index (χ2n) is 6.76. The first-order valence-electron chi connectivity index (χ1n) is 8.98. The zero-order chi connectivity index (χ0) is 22.0. The van der Waals surface area contributed by atoms with Gasteiger partial charge in [0.15, 0.2) is 17.9 Å². The zero-order valence-electron chi connectivity index (χ0n) is 15.8. The van der Waals surface area contributed by atoms with Crippen LogP contribution in [-0.2, 0) is 16.1 Å². The Morgan fingerprint density at radius 2 is 2.00 bits per heavy atom. The molecule has 1 saturated heterocycles. The van der Waals surface area contributed by atoms with Crippen molar-refractivity contribution in [2.24, 2.45) is 0 Å². The Morgan fingerprint density at radius 3 is 2.60 bits per heavy atom. The fourth-order valence-corrected chi connectivity index (χ4v) is 3.07. The number of carboxylic acid groups (broad SMARTS) is 1. The minimum absolute atomic E-state index is 0.135. The molecule has 6 atom stereocenters. The Balaban J connectivity index is 1.75. The van der Waals surface area contributed by atoms with Crippen LogP contribution in [0.2, 0.25) is 0 Å². The molecular formula is C16H22N6O8. The van der Waals surface area contributed by atoms with Gasteiger partial charge in [0.25, 0.3) is 0 Å². The molecule has 2 aromatic heterocycles. The average molecular weight is 426 g/mol.